The molecule has 0 aliphatic heterocycles. The number of aliphatic carboxylic acids is 1. The Morgan fingerprint density at radius 2 is 1.88 bits per heavy atom. The summed E-state index contributed by atoms with van der Waals surface area (Å²) >= 11 is 0. The first kappa shape index (κ1) is 16.3. The van der Waals surface area contributed by atoms with E-state index in [1.165, 1.54) is 0 Å². The smallest absolute Gasteiger partial charge is 0.310 e. The lowest BCUT2D eigenvalue weighted by atomic mass is 9.81. The van der Waals surface area contributed by atoms with Crippen LogP contribution in [-0.4, -0.2) is 22.0 Å². The summed E-state index contributed by atoms with van der Waals surface area (Å²) in [6.45, 7) is 1.76. The second-order valence-electron chi connectivity index (χ2n) is 6.85. The molecule has 0 spiro atoms. The SMILES string of the molecule is Cc1nc2cc(NC(=O)CC3(C(=O)O)Cc4ccccc4C3)ccc2o1. The van der Waals surface area contributed by atoms with Crippen molar-refractivity contribution in [2.24, 2.45) is 5.41 Å². The number of hydrogen-bond donors (Lipinski definition) is 2. The quantitative estimate of drug-likeness (QED) is 0.753. The number of carbonyl (C=O) groups excluding carboxylic acids is 1. The van der Waals surface area contributed by atoms with Crippen molar-refractivity contribution in [2.75, 3.05) is 5.32 Å². The Bertz CT molecular complexity index is 997. The van der Waals surface area contributed by atoms with Crippen LogP contribution in [0.1, 0.15) is 23.4 Å². The van der Waals surface area contributed by atoms with Gasteiger partial charge in [-0.2, -0.15) is 0 Å². The van der Waals surface area contributed by atoms with Crippen molar-refractivity contribution in [1.82, 2.24) is 4.98 Å². The predicted octanol–water partition coefficient (Wildman–Crippen LogP) is 3.33. The van der Waals surface area contributed by atoms with Crippen LogP contribution in [0.4, 0.5) is 5.69 Å². The van der Waals surface area contributed by atoms with E-state index in [-0.39, 0.29) is 12.3 Å². The van der Waals surface area contributed by atoms with Gasteiger partial charge in [-0.15, -0.1) is 0 Å². The highest BCUT2D eigenvalue weighted by molar-refractivity contribution is 5.96. The molecule has 1 aliphatic carbocycles. The van der Waals surface area contributed by atoms with E-state index in [1.54, 1.807) is 25.1 Å². The van der Waals surface area contributed by atoms with Crippen LogP contribution >= 0.6 is 0 Å². The molecule has 0 radical (unpaired) electrons. The first-order valence-corrected chi connectivity index (χ1v) is 8.42. The van der Waals surface area contributed by atoms with Crippen LogP contribution in [0.3, 0.4) is 0 Å². The first-order valence-electron chi connectivity index (χ1n) is 8.42. The van der Waals surface area contributed by atoms with Crippen molar-refractivity contribution < 1.29 is 19.1 Å². The molecular formula is C20H18N2O4. The normalized spacial score (nSPS) is 15.0. The topological polar surface area (TPSA) is 92.4 Å². The number of carboxylic acid groups (broad SMARTS) is 1. The number of benzene rings is 2. The van der Waals surface area contributed by atoms with Crippen LogP contribution in [0, 0.1) is 12.3 Å². The highest BCUT2D eigenvalue weighted by atomic mass is 16.4. The molecule has 3 aromatic rings. The first-order chi connectivity index (χ1) is 12.4. The van der Waals surface area contributed by atoms with Crippen molar-refractivity contribution in [3.8, 4) is 0 Å². The van der Waals surface area contributed by atoms with Crippen molar-refractivity contribution >= 4 is 28.7 Å². The number of carboxylic acids is 1. The lowest BCUT2D eigenvalue weighted by Gasteiger charge is -2.23. The average Bonchev–Trinajstić information content (AvgIpc) is 3.13. The highest BCUT2D eigenvalue weighted by Crippen LogP contribution is 2.40. The molecule has 1 heterocycles. The monoisotopic (exact) mass is 350 g/mol. The fraction of sp³-hybridized carbons (Fsp3) is 0.250. The van der Waals surface area contributed by atoms with Gasteiger partial charge in [-0.25, -0.2) is 4.98 Å². The molecule has 1 aromatic heterocycles. The molecule has 1 amide bonds. The molecule has 2 aromatic carbocycles. The Labute approximate surface area is 149 Å². The van der Waals surface area contributed by atoms with E-state index >= 15 is 0 Å². The molecule has 0 bridgehead atoms. The molecule has 0 atom stereocenters. The van der Waals surface area contributed by atoms with Gasteiger partial charge >= 0.3 is 5.97 Å². The minimum Gasteiger partial charge on any atom is -0.481 e. The molecule has 2 N–H and O–H groups in total. The third kappa shape index (κ3) is 2.83. The van der Waals surface area contributed by atoms with E-state index in [2.05, 4.69) is 10.3 Å². The van der Waals surface area contributed by atoms with Gasteiger partial charge in [-0.1, -0.05) is 24.3 Å². The molecule has 0 saturated heterocycles. The third-order valence-electron chi connectivity index (χ3n) is 4.91. The number of anilines is 1. The molecule has 6 nitrogen and oxygen atoms in total. The number of hydrogen-bond acceptors (Lipinski definition) is 4. The van der Waals surface area contributed by atoms with E-state index < -0.39 is 11.4 Å². The molecule has 0 unspecified atom stereocenters. The van der Waals surface area contributed by atoms with Crippen molar-refractivity contribution in [3.63, 3.8) is 0 Å². The summed E-state index contributed by atoms with van der Waals surface area (Å²) < 4.78 is 5.42. The number of nitrogens with one attached hydrogen (secondary N) is 1. The van der Waals surface area contributed by atoms with E-state index in [1.807, 2.05) is 24.3 Å². The van der Waals surface area contributed by atoms with Crippen molar-refractivity contribution in [1.29, 1.82) is 0 Å². The Hall–Kier alpha value is -3.15. The highest BCUT2D eigenvalue weighted by Gasteiger charge is 2.45. The summed E-state index contributed by atoms with van der Waals surface area (Å²) in [6.07, 6.45) is 0.660. The summed E-state index contributed by atoms with van der Waals surface area (Å²) in [5, 5.41) is 12.6. The van der Waals surface area contributed by atoms with Gasteiger partial charge in [-0.05, 0) is 42.2 Å². The Kier molecular flexibility index (Phi) is 3.76. The van der Waals surface area contributed by atoms with Gasteiger partial charge in [0.25, 0.3) is 0 Å². The summed E-state index contributed by atoms with van der Waals surface area (Å²) in [7, 11) is 0. The minimum absolute atomic E-state index is 0.0765. The maximum absolute atomic E-state index is 12.6. The molecule has 1 aliphatic rings. The van der Waals surface area contributed by atoms with Gasteiger partial charge in [0, 0.05) is 19.0 Å². The minimum atomic E-state index is -1.09. The standard InChI is InChI=1S/C20H18N2O4/c1-12-21-16-8-15(6-7-17(16)26-12)22-18(23)11-20(19(24)25)9-13-4-2-3-5-14(13)10-20/h2-8H,9-11H2,1H3,(H,22,23)(H,24,25). The zero-order valence-electron chi connectivity index (χ0n) is 14.3. The van der Waals surface area contributed by atoms with Crippen LogP contribution < -0.4 is 5.32 Å². The summed E-state index contributed by atoms with van der Waals surface area (Å²) in [5.74, 6) is -0.705. The van der Waals surface area contributed by atoms with Crippen LogP contribution in [0.15, 0.2) is 46.9 Å². The number of oxazole rings is 1. The molecule has 132 valence electrons. The molecule has 0 saturated carbocycles. The maximum atomic E-state index is 12.6. The van der Waals surface area contributed by atoms with E-state index in [0.29, 0.717) is 35.5 Å². The van der Waals surface area contributed by atoms with Crippen molar-refractivity contribution in [2.45, 2.75) is 26.2 Å². The van der Waals surface area contributed by atoms with Gasteiger partial charge in [0.05, 0.1) is 5.41 Å². The fourth-order valence-corrected chi connectivity index (χ4v) is 3.68. The molecule has 4 rings (SSSR count). The number of amides is 1. The summed E-state index contributed by atoms with van der Waals surface area (Å²) in [4.78, 5) is 28.7. The number of aromatic nitrogens is 1. The maximum Gasteiger partial charge on any atom is 0.310 e. The lowest BCUT2D eigenvalue weighted by Crippen LogP contribution is -2.36. The summed E-state index contributed by atoms with van der Waals surface area (Å²) in [6, 6.07) is 12.8. The second-order valence-corrected chi connectivity index (χ2v) is 6.85. The van der Waals surface area contributed by atoms with Crippen LogP contribution in [-0.2, 0) is 22.4 Å². The zero-order valence-corrected chi connectivity index (χ0v) is 14.3. The van der Waals surface area contributed by atoms with Crippen LogP contribution in [0.25, 0.3) is 11.1 Å². The van der Waals surface area contributed by atoms with Gasteiger partial charge in [-0.3, -0.25) is 9.59 Å². The predicted molar refractivity (Wildman–Crippen MR) is 95.9 cm³/mol. The number of aryl methyl sites for hydroxylation is 1. The lowest BCUT2D eigenvalue weighted by molar-refractivity contribution is -0.150. The number of carbonyl (C=O) groups is 2. The molecule has 26 heavy (non-hydrogen) atoms. The zero-order chi connectivity index (χ0) is 18.3. The Balaban J connectivity index is 1.53. The van der Waals surface area contributed by atoms with E-state index in [9.17, 15) is 14.7 Å². The van der Waals surface area contributed by atoms with E-state index in [0.717, 1.165) is 11.1 Å². The number of nitrogens with zero attached hydrogens (tertiary/aromatic N) is 1. The Morgan fingerprint density at radius 3 is 2.54 bits per heavy atom. The van der Waals surface area contributed by atoms with Gasteiger partial charge in [0.15, 0.2) is 11.5 Å². The van der Waals surface area contributed by atoms with Gasteiger partial charge in [0.1, 0.15) is 5.52 Å². The van der Waals surface area contributed by atoms with Gasteiger partial charge in [0.2, 0.25) is 5.91 Å². The largest absolute Gasteiger partial charge is 0.481 e. The fourth-order valence-electron chi connectivity index (χ4n) is 3.68. The van der Waals surface area contributed by atoms with E-state index in [4.69, 9.17) is 4.42 Å². The molecular weight excluding hydrogens is 332 g/mol. The molecule has 6 heteroatoms. The second kappa shape index (κ2) is 5.98. The van der Waals surface area contributed by atoms with Crippen LogP contribution in [0.5, 0.6) is 0 Å². The van der Waals surface area contributed by atoms with Crippen molar-refractivity contribution in [3.05, 3.63) is 59.5 Å². The average molecular weight is 350 g/mol. The summed E-state index contributed by atoms with van der Waals surface area (Å²) in [5.41, 5.74) is 2.79. The van der Waals surface area contributed by atoms with Gasteiger partial charge < -0.3 is 14.8 Å². The Morgan fingerprint density at radius 1 is 1.19 bits per heavy atom. The molecule has 0 fully saturated rings. The number of fused-ring (bicyclic) bond motifs is 2. The van der Waals surface area contributed by atoms with Crippen LogP contribution in [0.2, 0.25) is 0 Å². The number of rotatable bonds is 4. The third-order valence-corrected chi connectivity index (χ3v) is 4.91.